The number of halogens is 2. The number of benzene rings is 1. The van der Waals surface area contributed by atoms with Crippen molar-refractivity contribution < 1.29 is 0 Å². The molecule has 1 aliphatic heterocycles. The summed E-state index contributed by atoms with van der Waals surface area (Å²) in [5.74, 6) is 0. The summed E-state index contributed by atoms with van der Waals surface area (Å²) in [6.45, 7) is 0.928. The van der Waals surface area contributed by atoms with Gasteiger partial charge in [-0.15, -0.1) is 0 Å². The second kappa shape index (κ2) is 3.97. The summed E-state index contributed by atoms with van der Waals surface area (Å²) in [5.41, 5.74) is 8.00. The fourth-order valence-corrected chi connectivity index (χ4v) is 2.43. The fourth-order valence-electron chi connectivity index (χ4n) is 1.80. The van der Waals surface area contributed by atoms with Gasteiger partial charge in [-0.1, -0.05) is 23.2 Å². The van der Waals surface area contributed by atoms with Crippen LogP contribution >= 0.6 is 23.2 Å². The second-order valence-corrected chi connectivity index (χ2v) is 4.37. The van der Waals surface area contributed by atoms with Gasteiger partial charge in [0.15, 0.2) is 0 Å². The number of nitrogens with two attached hydrogens (primary N) is 1. The van der Waals surface area contributed by atoms with Crippen molar-refractivity contribution in [2.75, 3.05) is 11.9 Å². The second-order valence-electron chi connectivity index (χ2n) is 3.52. The van der Waals surface area contributed by atoms with Gasteiger partial charge in [-0.3, -0.25) is 0 Å². The van der Waals surface area contributed by atoms with Crippen LogP contribution in [0.4, 0.5) is 5.69 Å². The highest BCUT2D eigenvalue weighted by molar-refractivity contribution is 6.35. The average molecular weight is 231 g/mol. The van der Waals surface area contributed by atoms with E-state index >= 15 is 0 Å². The number of anilines is 1. The molecule has 0 saturated carbocycles. The summed E-state index contributed by atoms with van der Waals surface area (Å²) in [6, 6.07) is 3.65. The Morgan fingerprint density at radius 3 is 2.93 bits per heavy atom. The Bertz CT molecular complexity index is 352. The summed E-state index contributed by atoms with van der Waals surface area (Å²) in [4.78, 5) is 0. The Balaban J connectivity index is 2.53. The first-order chi connectivity index (χ1) is 6.68. The van der Waals surface area contributed by atoms with Crippen LogP contribution in [0.2, 0.25) is 10.0 Å². The van der Waals surface area contributed by atoms with Crippen LogP contribution in [0.25, 0.3) is 0 Å². The van der Waals surface area contributed by atoms with Crippen LogP contribution < -0.4 is 11.1 Å². The normalized spacial score (nSPS) is 20.9. The Hall–Kier alpha value is -0.440. The smallest absolute Gasteiger partial charge is 0.0489 e. The summed E-state index contributed by atoms with van der Waals surface area (Å²) >= 11 is 12.0. The van der Waals surface area contributed by atoms with Gasteiger partial charge in [0, 0.05) is 33.9 Å². The van der Waals surface area contributed by atoms with E-state index in [9.17, 15) is 0 Å². The highest BCUT2D eigenvalue weighted by Crippen LogP contribution is 2.36. The van der Waals surface area contributed by atoms with E-state index in [0.29, 0.717) is 10.0 Å². The lowest BCUT2D eigenvalue weighted by atomic mass is 10.0. The lowest BCUT2D eigenvalue weighted by Gasteiger charge is -2.14. The molecule has 4 heteroatoms. The van der Waals surface area contributed by atoms with E-state index in [1.54, 1.807) is 6.07 Å². The lowest BCUT2D eigenvalue weighted by Crippen LogP contribution is -2.10. The first-order valence-corrected chi connectivity index (χ1v) is 5.42. The molecular formula is C10H12Cl2N2. The molecule has 1 heterocycles. The van der Waals surface area contributed by atoms with Crippen molar-refractivity contribution in [3.8, 4) is 0 Å². The maximum Gasteiger partial charge on any atom is 0.0489 e. The van der Waals surface area contributed by atoms with Crippen LogP contribution in [0.3, 0.4) is 0 Å². The molecule has 1 aromatic carbocycles. The number of hydrogen-bond acceptors (Lipinski definition) is 2. The first kappa shape index (κ1) is 10.1. The zero-order valence-electron chi connectivity index (χ0n) is 7.69. The van der Waals surface area contributed by atoms with Crippen molar-refractivity contribution in [3.63, 3.8) is 0 Å². The molecule has 0 bridgehead atoms. The molecule has 0 radical (unpaired) electrons. The minimum atomic E-state index is 0.0183. The van der Waals surface area contributed by atoms with Gasteiger partial charge in [-0.25, -0.2) is 0 Å². The van der Waals surface area contributed by atoms with Crippen LogP contribution in [-0.4, -0.2) is 6.54 Å². The van der Waals surface area contributed by atoms with Gasteiger partial charge in [0.25, 0.3) is 0 Å². The van der Waals surface area contributed by atoms with Gasteiger partial charge in [0.1, 0.15) is 0 Å². The summed E-state index contributed by atoms with van der Waals surface area (Å²) in [7, 11) is 0. The number of rotatable bonds is 0. The molecule has 1 aromatic rings. The molecule has 0 aromatic heterocycles. The Labute approximate surface area is 93.4 Å². The van der Waals surface area contributed by atoms with Gasteiger partial charge in [0.05, 0.1) is 0 Å². The lowest BCUT2D eigenvalue weighted by molar-refractivity contribution is 0.642. The minimum Gasteiger partial charge on any atom is -0.385 e. The molecule has 14 heavy (non-hydrogen) atoms. The standard InChI is InChI=1S/C10H12Cl2N2/c11-6-4-7(12)10-8(13)2-1-3-14-9(10)5-6/h4-5,8,14H,1-3,13H2. The first-order valence-electron chi connectivity index (χ1n) is 4.67. The van der Waals surface area contributed by atoms with E-state index in [1.165, 1.54) is 0 Å². The van der Waals surface area contributed by atoms with Crippen molar-refractivity contribution in [2.24, 2.45) is 5.73 Å². The summed E-state index contributed by atoms with van der Waals surface area (Å²) < 4.78 is 0. The third-order valence-corrected chi connectivity index (χ3v) is 3.00. The monoisotopic (exact) mass is 230 g/mol. The van der Waals surface area contributed by atoms with Crippen molar-refractivity contribution in [1.82, 2.24) is 0 Å². The summed E-state index contributed by atoms with van der Waals surface area (Å²) in [6.07, 6.45) is 2.02. The van der Waals surface area contributed by atoms with Crippen LogP contribution in [0.1, 0.15) is 24.4 Å². The van der Waals surface area contributed by atoms with E-state index < -0.39 is 0 Å². The van der Waals surface area contributed by atoms with Crippen molar-refractivity contribution in [1.29, 1.82) is 0 Å². The quantitative estimate of drug-likeness (QED) is 0.719. The molecule has 2 rings (SSSR count). The van der Waals surface area contributed by atoms with Crippen LogP contribution in [0.15, 0.2) is 12.1 Å². The Morgan fingerprint density at radius 2 is 2.14 bits per heavy atom. The topological polar surface area (TPSA) is 38.0 Å². The maximum atomic E-state index is 6.11. The van der Waals surface area contributed by atoms with Crippen molar-refractivity contribution in [2.45, 2.75) is 18.9 Å². The van der Waals surface area contributed by atoms with Gasteiger partial charge >= 0.3 is 0 Å². The molecule has 76 valence electrons. The zero-order valence-corrected chi connectivity index (χ0v) is 9.20. The molecule has 1 unspecified atom stereocenters. The molecule has 3 N–H and O–H groups in total. The molecule has 2 nitrogen and oxygen atoms in total. The van der Waals surface area contributed by atoms with Gasteiger partial charge in [-0.05, 0) is 25.0 Å². The molecule has 0 aliphatic carbocycles. The summed E-state index contributed by atoms with van der Waals surface area (Å²) in [5, 5.41) is 4.60. The Morgan fingerprint density at radius 1 is 1.36 bits per heavy atom. The van der Waals surface area contributed by atoms with E-state index in [4.69, 9.17) is 28.9 Å². The molecule has 0 spiro atoms. The van der Waals surface area contributed by atoms with Crippen molar-refractivity contribution >= 4 is 28.9 Å². The fraction of sp³-hybridized carbons (Fsp3) is 0.400. The number of hydrogen-bond donors (Lipinski definition) is 2. The predicted molar refractivity (Wildman–Crippen MR) is 61.1 cm³/mol. The largest absolute Gasteiger partial charge is 0.385 e. The van der Waals surface area contributed by atoms with E-state index in [2.05, 4.69) is 5.32 Å². The number of nitrogens with one attached hydrogen (secondary N) is 1. The highest BCUT2D eigenvalue weighted by Gasteiger charge is 2.18. The van der Waals surface area contributed by atoms with E-state index in [0.717, 1.165) is 30.6 Å². The zero-order chi connectivity index (χ0) is 10.1. The number of fused-ring (bicyclic) bond motifs is 1. The minimum absolute atomic E-state index is 0.0183. The van der Waals surface area contributed by atoms with Gasteiger partial charge in [-0.2, -0.15) is 0 Å². The van der Waals surface area contributed by atoms with Gasteiger partial charge < -0.3 is 11.1 Å². The third kappa shape index (κ3) is 1.83. The molecule has 0 fully saturated rings. The van der Waals surface area contributed by atoms with Crippen molar-refractivity contribution in [3.05, 3.63) is 27.7 Å². The van der Waals surface area contributed by atoms with Gasteiger partial charge in [0.2, 0.25) is 0 Å². The SMILES string of the molecule is NC1CCCNc2cc(Cl)cc(Cl)c21. The third-order valence-electron chi connectivity index (χ3n) is 2.47. The maximum absolute atomic E-state index is 6.11. The molecule has 1 atom stereocenters. The van der Waals surface area contributed by atoms with Crippen LogP contribution in [0, 0.1) is 0 Å². The molecule has 0 amide bonds. The van der Waals surface area contributed by atoms with E-state index in [1.807, 2.05) is 6.07 Å². The van der Waals surface area contributed by atoms with Crippen LogP contribution in [0.5, 0.6) is 0 Å². The average Bonchev–Trinajstić information content (AvgIpc) is 2.27. The molecule has 1 aliphatic rings. The Kier molecular flexibility index (Phi) is 2.86. The van der Waals surface area contributed by atoms with Crippen LogP contribution in [-0.2, 0) is 0 Å². The van der Waals surface area contributed by atoms with E-state index in [-0.39, 0.29) is 6.04 Å². The molecular weight excluding hydrogens is 219 g/mol. The predicted octanol–water partition coefficient (Wildman–Crippen LogP) is 3.20. The molecule has 0 saturated heterocycles. The highest BCUT2D eigenvalue weighted by atomic mass is 35.5.